The minimum atomic E-state index is -1.63. The van der Waals surface area contributed by atoms with Gasteiger partial charge in [0.1, 0.15) is 24.4 Å². The Morgan fingerprint density at radius 2 is 0.911 bits per heavy atom. The molecule has 1 aliphatic rings. The molecule has 0 aromatic carbocycles. The predicted molar refractivity (Wildman–Crippen MR) is 329 cm³/mol. The SMILES string of the molecule is CC/C=C\C/C=C\C/C=C\C/C=C\C/C=C\CCCCCCCC(=O)OC1C(OCC(NC(=O)C(O)CCCCCCCCCC/C=C\C/C=C\CCCCC)C(O)/C=C/CCCCCCCCCCC)OC(CO)C(O)C1O. The molecule has 0 radical (unpaired) electrons. The van der Waals surface area contributed by atoms with Crippen LogP contribution >= 0.6 is 0 Å². The molecule has 11 nitrogen and oxygen atoms in total. The topological polar surface area (TPSA) is 175 Å². The lowest BCUT2D eigenvalue weighted by Crippen LogP contribution is -2.61. The standard InChI is InChI=1S/C68H117NO10/c1-4-7-10-13-16-19-22-24-26-28-30-31-32-34-36-38-41-44-47-50-53-56-63(73)79-66-65(75)64(74)62(57-70)78-68(66)77-58-59(60(71)54-51-48-45-42-39-21-18-15-12-9-6-3)69-67(76)61(72)55-52-49-46-43-40-37-35-33-29-27-25-23-20-17-14-11-8-5-2/h7,10,16-17,19-20,24-27,30-31,34,36,51,54,59-62,64-66,68,70-72,74-75H,4-6,8-9,11-15,18,21-23,28-29,32-33,35,37-50,52-53,55-58H2,1-3H3,(H,69,76)/b10-7-,19-16-,20-17-,26-24-,27-25-,31-30-,36-34-,54-51+. The molecule has 0 bridgehead atoms. The zero-order chi connectivity index (χ0) is 57.5. The average Bonchev–Trinajstić information content (AvgIpc) is 3.47. The molecule has 0 spiro atoms. The van der Waals surface area contributed by atoms with Crippen LogP contribution in [0, 0.1) is 0 Å². The molecule has 8 atom stereocenters. The van der Waals surface area contributed by atoms with Gasteiger partial charge in [0.25, 0.3) is 0 Å². The van der Waals surface area contributed by atoms with Gasteiger partial charge in [0.05, 0.1) is 25.4 Å². The first-order valence-corrected chi connectivity index (χ1v) is 32.0. The van der Waals surface area contributed by atoms with Gasteiger partial charge in [0.2, 0.25) is 5.91 Å². The highest BCUT2D eigenvalue weighted by molar-refractivity contribution is 5.80. The summed E-state index contributed by atoms with van der Waals surface area (Å²) in [5.41, 5.74) is 0. The van der Waals surface area contributed by atoms with Crippen LogP contribution in [0.2, 0.25) is 0 Å². The van der Waals surface area contributed by atoms with Gasteiger partial charge in [-0.15, -0.1) is 0 Å². The monoisotopic (exact) mass is 1110 g/mol. The second kappa shape index (κ2) is 55.1. The Morgan fingerprint density at radius 3 is 1.39 bits per heavy atom. The number of aliphatic hydroxyl groups is 5. The van der Waals surface area contributed by atoms with E-state index in [1.54, 1.807) is 6.08 Å². The zero-order valence-corrected chi connectivity index (χ0v) is 50.2. The van der Waals surface area contributed by atoms with Crippen molar-refractivity contribution in [1.29, 1.82) is 0 Å². The lowest BCUT2D eigenvalue weighted by molar-refractivity contribution is -0.305. The van der Waals surface area contributed by atoms with Crippen molar-refractivity contribution in [2.75, 3.05) is 13.2 Å². The molecule has 1 saturated heterocycles. The lowest BCUT2D eigenvalue weighted by atomic mass is 9.99. The molecule has 6 N–H and O–H groups in total. The van der Waals surface area contributed by atoms with E-state index in [1.807, 2.05) is 6.08 Å². The van der Waals surface area contributed by atoms with E-state index in [0.29, 0.717) is 12.8 Å². The number of unbranched alkanes of at least 4 members (excludes halogenated alkanes) is 25. The molecule has 0 aliphatic carbocycles. The number of aliphatic hydroxyl groups excluding tert-OH is 5. The van der Waals surface area contributed by atoms with Crippen LogP contribution in [-0.2, 0) is 23.8 Å². The van der Waals surface area contributed by atoms with Gasteiger partial charge in [-0.3, -0.25) is 9.59 Å². The van der Waals surface area contributed by atoms with Crippen molar-refractivity contribution in [3.63, 3.8) is 0 Å². The Hall–Kier alpha value is -3.42. The van der Waals surface area contributed by atoms with Gasteiger partial charge in [-0.2, -0.15) is 0 Å². The Morgan fingerprint density at radius 1 is 0.506 bits per heavy atom. The highest BCUT2D eigenvalue weighted by Gasteiger charge is 2.47. The van der Waals surface area contributed by atoms with E-state index < -0.39 is 67.4 Å². The largest absolute Gasteiger partial charge is 0.454 e. The van der Waals surface area contributed by atoms with Crippen molar-refractivity contribution in [2.45, 2.75) is 307 Å². The van der Waals surface area contributed by atoms with Crippen LogP contribution < -0.4 is 5.32 Å². The maximum Gasteiger partial charge on any atom is 0.306 e. The van der Waals surface area contributed by atoms with Crippen LogP contribution in [0.25, 0.3) is 0 Å². The molecule has 8 unspecified atom stereocenters. The number of rotatable bonds is 53. The first-order valence-electron chi connectivity index (χ1n) is 32.0. The molecule has 1 heterocycles. The van der Waals surface area contributed by atoms with Crippen LogP contribution in [0.3, 0.4) is 0 Å². The van der Waals surface area contributed by atoms with E-state index in [0.717, 1.165) is 116 Å². The average molecular weight is 1110 g/mol. The number of hydrogen-bond acceptors (Lipinski definition) is 10. The van der Waals surface area contributed by atoms with Gasteiger partial charge in [-0.05, 0) is 103 Å². The highest BCUT2D eigenvalue weighted by atomic mass is 16.7. The summed E-state index contributed by atoms with van der Waals surface area (Å²) >= 11 is 0. The van der Waals surface area contributed by atoms with Gasteiger partial charge in [-0.1, -0.05) is 246 Å². The van der Waals surface area contributed by atoms with E-state index in [9.17, 15) is 35.1 Å². The first kappa shape index (κ1) is 73.6. The third kappa shape index (κ3) is 43.0. The second-order valence-corrected chi connectivity index (χ2v) is 21.8. The fourth-order valence-electron chi connectivity index (χ4n) is 9.41. The molecule has 1 fully saturated rings. The third-order valence-electron chi connectivity index (χ3n) is 14.5. The quantitative estimate of drug-likeness (QED) is 0.0195. The normalized spacial score (nSPS) is 19.5. The summed E-state index contributed by atoms with van der Waals surface area (Å²) in [6.45, 7) is 5.63. The van der Waals surface area contributed by atoms with Crippen LogP contribution in [0.4, 0.5) is 0 Å². The minimum absolute atomic E-state index is 0.0964. The van der Waals surface area contributed by atoms with Crippen molar-refractivity contribution < 1.29 is 49.3 Å². The fourth-order valence-corrected chi connectivity index (χ4v) is 9.41. The molecule has 454 valence electrons. The summed E-state index contributed by atoms with van der Waals surface area (Å²) in [4.78, 5) is 26.6. The Balaban J connectivity index is 2.66. The molecule has 1 aliphatic heterocycles. The van der Waals surface area contributed by atoms with E-state index >= 15 is 0 Å². The molecular weight excluding hydrogens is 991 g/mol. The number of allylic oxidation sites excluding steroid dienone is 15. The molecule has 1 rings (SSSR count). The Labute approximate surface area is 482 Å². The van der Waals surface area contributed by atoms with E-state index in [-0.39, 0.29) is 19.4 Å². The smallest absolute Gasteiger partial charge is 0.306 e. The maximum absolute atomic E-state index is 13.4. The third-order valence-corrected chi connectivity index (χ3v) is 14.5. The molecule has 11 heteroatoms. The Kier molecular flexibility index (Phi) is 51.4. The van der Waals surface area contributed by atoms with Crippen LogP contribution in [0.15, 0.2) is 97.2 Å². The van der Waals surface area contributed by atoms with Crippen LogP contribution in [0.1, 0.15) is 258 Å². The van der Waals surface area contributed by atoms with E-state index in [2.05, 4.69) is 111 Å². The number of carbonyl (C=O) groups excluding carboxylic acids is 2. The highest BCUT2D eigenvalue weighted by Crippen LogP contribution is 2.26. The molecule has 79 heavy (non-hydrogen) atoms. The number of carbonyl (C=O) groups is 2. The maximum atomic E-state index is 13.4. The number of nitrogens with one attached hydrogen (secondary N) is 1. The van der Waals surface area contributed by atoms with Crippen LogP contribution in [-0.4, -0.2) is 99.6 Å². The zero-order valence-electron chi connectivity index (χ0n) is 50.2. The van der Waals surface area contributed by atoms with Crippen LogP contribution in [0.5, 0.6) is 0 Å². The molecular formula is C68H117NO10. The number of esters is 1. The van der Waals surface area contributed by atoms with Gasteiger partial charge in [0, 0.05) is 6.42 Å². The minimum Gasteiger partial charge on any atom is -0.454 e. The lowest BCUT2D eigenvalue weighted by Gasteiger charge is -2.41. The first-order chi connectivity index (χ1) is 38.7. The number of hydrogen-bond donors (Lipinski definition) is 6. The van der Waals surface area contributed by atoms with Gasteiger partial charge < -0.3 is 45.1 Å². The summed E-state index contributed by atoms with van der Waals surface area (Å²) in [5, 5.41) is 57.0. The summed E-state index contributed by atoms with van der Waals surface area (Å²) < 4.78 is 17.6. The fraction of sp³-hybridized carbons (Fsp3) is 0.735. The molecule has 1 amide bonds. The van der Waals surface area contributed by atoms with E-state index in [1.165, 1.54) is 96.3 Å². The van der Waals surface area contributed by atoms with Gasteiger partial charge in [-0.25, -0.2) is 0 Å². The summed E-state index contributed by atoms with van der Waals surface area (Å²) in [6.07, 6.45) is 62.9. The van der Waals surface area contributed by atoms with Gasteiger partial charge in [0.15, 0.2) is 12.4 Å². The van der Waals surface area contributed by atoms with Crippen molar-refractivity contribution in [3.05, 3.63) is 97.2 Å². The summed E-state index contributed by atoms with van der Waals surface area (Å²) in [5.74, 6) is -1.22. The van der Waals surface area contributed by atoms with E-state index in [4.69, 9.17) is 14.2 Å². The van der Waals surface area contributed by atoms with Crippen molar-refractivity contribution in [1.82, 2.24) is 5.32 Å². The molecule has 0 saturated carbocycles. The second-order valence-electron chi connectivity index (χ2n) is 21.8. The Bertz CT molecular complexity index is 1650. The molecule has 0 aromatic rings. The summed E-state index contributed by atoms with van der Waals surface area (Å²) in [7, 11) is 0. The predicted octanol–water partition coefficient (Wildman–Crippen LogP) is 15.5. The van der Waals surface area contributed by atoms with Crippen molar-refractivity contribution in [2.24, 2.45) is 0 Å². The molecule has 0 aromatic heterocycles. The summed E-state index contributed by atoms with van der Waals surface area (Å²) in [6, 6.07) is -1.04. The van der Waals surface area contributed by atoms with Crippen molar-refractivity contribution in [3.8, 4) is 0 Å². The number of amides is 1. The number of ether oxygens (including phenoxy) is 3. The van der Waals surface area contributed by atoms with Crippen molar-refractivity contribution >= 4 is 11.9 Å². The van der Waals surface area contributed by atoms with Gasteiger partial charge >= 0.3 is 5.97 Å².